The number of hydrogen-bond donors (Lipinski definition) is 2. The van der Waals surface area contributed by atoms with Gasteiger partial charge in [0, 0.05) is 25.7 Å². The van der Waals surface area contributed by atoms with Crippen LogP contribution in [0, 0.1) is 0 Å². The van der Waals surface area contributed by atoms with E-state index in [-0.39, 0.29) is 5.91 Å². The lowest BCUT2D eigenvalue weighted by Gasteiger charge is -2.34. The van der Waals surface area contributed by atoms with Crippen LogP contribution < -0.4 is 5.32 Å². The van der Waals surface area contributed by atoms with E-state index in [2.05, 4.69) is 5.32 Å². The Hall–Kier alpha value is -1.63. The van der Waals surface area contributed by atoms with E-state index < -0.39 is 5.60 Å². The Kier molecular flexibility index (Phi) is 4.84. The van der Waals surface area contributed by atoms with Crippen LogP contribution in [0.3, 0.4) is 0 Å². The molecule has 0 saturated carbocycles. The van der Waals surface area contributed by atoms with Gasteiger partial charge in [-0.05, 0) is 54.3 Å². The van der Waals surface area contributed by atoms with Gasteiger partial charge in [-0.3, -0.25) is 4.79 Å². The number of amides is 1. The minimum atomic E-state index is -0.860. The maximum absolute atomic E-state index is 12.2. The molecule has 5 nitrogen and oxygen atoms in total. The largest absolute Gasteiger partial charge is 0.459 e. The highest BCUT2D eigenvalue weighted by Crippen LogP contribution is 2.23. The van der Waals surface area contributed by atoms with Gasteiger partial charge in [0.05, 0.1) is 11.9 Å². The SMILES string of the molecule is CC(O)(CNC1CCN(C(=O)c2ccco2)CC1)c1ccsc1. The molecular weight excluding hydrogens is 312 g/mol. The van der Waals surface area contributed by atoms with Crippen LogP contribution in [0.2, 0.25) is 0 Å². The van der Waals surface area contributed by atoms with Crippen molar-refractivity contribution in [2.45, 2.75) is 31.4 Å². The standard InChI is InChI=1S/C17H22N2O3S/c1-17(21,13-6-10-23-11-13)12-18-14-4-7-19(8-5-14)16(20)15-3-2-9-22-15/h2-3,6,9-11,14,18,21H,4-5,7-8,12H2,1H3. The lowest BCUT2D eigenvalue weighted by Crippen LogP contribution is -2.48. The predicted octanol–water partition coefficient (Wildman–Crippen LogP) is 2.44. The Balaban J connectivity index is 1.47. The molecule has 1 unspecified atom stereocenters. The first-order valence-electron chi connectivity index (χ1n) is 7.87. The van der Waals surface area contributed by atoms with Gasteiger partial charge >= 0.3 is 0 Å². The van der Waals surface area contributed by atoms with Crippen LogP contribution in [0.1, 0.15) is 35.9 Å². The summed E-state index contributed by atoms with van der Waals surface area (Å²) in [6.45, 7) is 3.76. The van der Waals surface area contributed by atoms with Crippen LogP contribution in [-0.2, 0) is 5.60 Å². The number of aliphatic hydroxyl groups is 1. The fourth-order valence-corrected chi connectivity index (χ4v) is 3.64. The van der Waals surface area contributed by atoms with Gasteiger partial charge in [0.25, 0.3) is 5.91 Å². The lowest BCUT2D eigenvalue weighted by atomic mass is 9.97. The van der Waals surface area contributed by atoms with Gasteiger partial charge in [0.2, 0.25) is 0 Å². The zero-order valence-electron chi connectivity index (χ0n) is 13.2. The number of nitrogens with one attached hydrogen (secondary N) is 1. The number of nitrogens with zero attached hydrogens (tertiary/aromatic N) is 1. The molecule has 0 radical (unpaired) electrons. The summed E-state index contributed by atoms with van der Waals surface area (Å²) in [7, 11) is 0. The van der Waals surface area contributed by atoms with E-state index in [9.17, 15) is 9.90 Å². The van der Waals surface area contributed by atoms with Gasteiger partial charge < -0.3 is 19.7 Å². The van der Waals surface area contributed by atoms with Crippen LogP contribution in [0.5, 0.6) is 0 Å². The summed E-state index contributed by atoms with van der Waals surface area (Å²) in [4.78, 5) is 14.0. The maximum Gasteiger partial charge on any atom is 0.289 e. The lowest BCUT2D eigenvalue weighted by molar-refractivity contribution is 0.0480. The van der Waals surface area contributed by atoms with Gasteiger partial charge in [-0.15, -0.1) is 0 Å². The number of thiophene rings is 1. The second-order valence-corrected chi connectivity index (χ2v) is 6.99. The Labute approximate surface area is 139 Å². The molecule has 1 aliphatic rings. The number of hydrogen-bond acceptors (Lipinski definition) is 5. The van der Waals surface area contributed by atoms with Crippen molar-refractivity contribution < 1.29 is 14.3 Å². The monoisotopic (exact) mass is 334 g/mol. The van der Waals surface area contributed by atoms with Crippen molar-refractivity contribution in [3.05, 3.63) is 46.5 Å². The molecule has 1 amide bonds. The molecule has 2 aromatic rings. The fraction of sp³-hybridized carbons (Fsp3) is 0.471. The molecule has 1 aliphatic heterocycles. The Morgan fingerprint density at radius 3 is 2.87 bits per heavy atom. The van der Waals surface area contributed by atoms with Gasteiger partial charge in [-0.1, -0.05) is 0 Å². The van der Waals surface area contributed by atoms with Gasteiger partial charge in [0.15, 0.2) is 5.76 Å². The molecule has 0 aliphatic carbocycles. The summed E-state index contributed by atoms with van der Waals surface area (Å²) in [6, 6.07) is 5.70. The minimum Gasteiger partial charge on any atom is -0.459 e. The second kappa shape index (κ2) is 6.86. The van der Waals surface area contributed by atoms with Gasteiger partial charge in [-0.25, -0.2) is 0 Å². The first-order chi connectivity index (χ1) is 11.1. The Morgan fingerprint density at radius 1 is 1.48 bits per heavy atom. The zero-order chi connectivity index (χ0) is 16.3. The zero-order valence-corrected chi connectivity index (χ0v) is 14.0. The third-order valence-corrected chi connectivity index (χ3v) is 5.08. The molecule has 1 saturated heterocycles. The van der Waals surface area contributed by atoms with Crippen LogP contribution in [0.25, 0.3) is 0 Å². The van der Waals surface area contributed by atoms with Crippen LogP contribution in [0.4, 0.5) is 0 Å². The van der Waals surface area contributed by atoms with Crippen LogP contribution in [0.15, 0.2) is 39.6 Å². The highest BCUT2D eigenvalue weighted by atomic mass is 32.1. The average Bonchev–Trinajstić information content (AvgIpc) is 3.26. The molecule has 1 fully saturated rings. The molecule has 23 heavy (non-hydrogen) atoms. The van der Waals surface area contributed by atoms with E-state index in [4.69, 9.17) is 4.42 Å². The van der Waals surface area contributed by atoms with Crippen molar-refractivity contribution in [2.24, 2.45) is 0 Å². The molecule has 3 heterocycles. The van der Waals surface area contributed by atoms with Crippen molar-refractivity contribution in [3.8, 4) is 0 Å². The second-order valence-electron chi connectivity index (χ2n) is 6.21. The maximum atomic E-state index is 12.2. The summed E-state index contributed by atoms with van der Waals surface area (Å²) in [5.74, 6) is 0.357. The summed E-state index contributed by atoms with van der Waals surface area (Å²) < 4.78 is 5.17. The molecule has 0 bridgehead atoms. The molecule has 3 rings (SSSR count). The third-order valence-electron chi connectivity index (χ3n) is 4.39. The highest BCUT2D eigenvalue weighted by Gasteiger charge is 2.28. The number of rotatable bonds is 5. The molecule has 1 atom stereocenters. The molecule has 6 heteroatoms. The quantitative estimate of drug-likeness (QED) is 0.881. The van der Waals surface area contributed by atoms with Crippen molar-refractivity contribution in [1.82, 2.24) is 10.2 Å². The van der Waals surface area contributed by atoms with E-state index in [1.807, 2.05) is 28.7 Å². The highest BCUT2D eigenvalue weighted by molar-refractivity contribution is 7.08. The van der Waals surface area contributed by atoms with Crippen molar-refractivity contribution in [2.75, 3.05) is 19.6 Å². The normalized spacial score (nSPS) is 18.8. The molecule has 2 aromatic heterocycles. The van der Waals surface area contributed by atoms with Crippen LogP contribution >= 0.6 is 11.3 Å². The minimum absolute atomic E-state index is 0.0429. The van der Waals surface area contributed by atoms with Crippen LogP contribution in [-0.4, -0.2) is 41.6 Å². The molecule has 0 spiro atoms. The summed E-state index contributed by atoms with van der Waals surface area (Å²) in [6.07, 6.45) is 3.28. The van der Waals surface area contributed by atoms with E-state index in [1.165, 1.54) is 6.26 Å². The van der Waals surface area contributed by atoms with Gasteiger partial charge in [0.1, 0.15) is 0 Å². The van der Waals surface area contributed by atoms with E-state index in [0.29, 0.717) is 31.4 Å². The Morgan fingerprint density at radius 2 is 2.26 bits per heavy atom. The smallest absolute Gasteiger partial charge is 0.289 e. The van der Waals surface area contributed by atoms with Crippen molar-refractivity contribution >= 4 is 17.2 Å². The molecular formula is C17H22N2O3S. The first kappa shape index (κ1) is 16.2. The molecule has 2 N–H and O–H groups in total. The average molecular weight is 334 g/mol. The van der Waals surface area contributed by atoms with E-state index in [1.54, 1.807) is 23.5 Å². The molecule has 124 valence electrons. The van der Waals surface area contributed by atoms with E-state index >= 15 is 0 Å². The topological polar surface area (TPSA) is 65.7 Å². The number of likely N-dealkylation sites (tertiary alicyclic amines) is 1. The first-order valence-corrected chi connectivity index (χ1v) is 8.82. The van der Waals surface area contributed by atoms with E-state index in [0.717, 1.165) is 18.4 Å². The van der Waals surface area contributed by atoms with Gasteiger partial charge in [-0.2, -0.15) is 11.3 Å². The third kappa shape index (κ3) is 3.83. The van der Waals surface area contributed by atoms with Crippen molar-refractivity contribution in [3.63, 3.8) is 0 Å². The Bertz CT molecular complexity index is 614. The fourth-order valence-electron chi connectivity index (χ4n) is 2.86. The summed E-state index contributed by atoms with van der Waals surface area (Å²) >= 11 is 1.59. The summed E-state index contributed by atoms with van der Waals surface area (Å²) in [5.41, 5.74) is 0.0848. The number of furan rings is 1. The predicted molar refractivity (Wildman–Crippen MR) is 89.5 cm³/mol. The number of piperidine rings is 1. The molecule has 0 aromatic carbocycles. The van der Waals surface area contributed by atoms with Crippen molar-refractivity contribution in [1.29, 1.82) is 0 Å². The summed E-state index contributed by atoms with van der Waals surface area (Å²) in [5, 5.41) is 17.9. The number of carbonyl (C=O) groups is 1. The number of carbonyl (C=O) groups excluding carboxylic acids is 1.